The van der Waals surface area contributed by atoms with E-state index >= 15 is 0 Å². The van der Waals surface area contributed by atoms with E-state index in [1.54, 1.807) is 49.6 Å². The Bertz CT molecular complexity index is 1220. The zero-order chi connectivity index (χ0) is 21.1. The first-order chi connectivity index (χ1) is 14.5. The van der Waals surface area contributed by atoms with Crippen molar-refractivity contribution in [2.24, 2.45) is 0 Å². The minimum atomic E-state index is -0.451. The lowest BCUT2D eigenvalue weighted by molar-refractivity contribution is -0.115. The van der Waals surface area contributed by atoms with Gasteiger partial charge in [-0.3, -0.25) is 9.59 Å². The van der Waals surface area contributed by atoms with E-state index in [0.717, 1.165) is 10.9 Å². The Kier molecular flexibility index (Phi) is 5.63. The molecule has 0 fully saturated rings. The number of carbonyl (C=O) groups is 2. The molecule has 1 unspecified atom stereocenters. The van der Waals surface area contributed by atoms with Crippen LogP contribution in [-0.4, -0.2) is 26.9 Å². The van der Waals surface area contributed by atoms with Gasteiger partial charge in [0.05, 0.1) is 22.7 Å². The second kappa shape index (κ2) is 8.51. The predicted molar refractivity (Wildman–Crippen MR) is 118 cm³/mol. The Labute approximate surface area is 177 Å². The van der Waals surface area contributed by atoms with Crippen LogP contribution in [0.15, 0.2) is 76.4 Å². The highest BCUT2D eigenvalue weighted by Gasteiger charge is 2.20. The summed E-state index contributed by atoms with van der Waals surface area (Å²) in [6, 6.07) is 18.2. The molecule has 7 heteroatoms. The molecule has 30 heavy (non-hydrogen) atoms. The number of amides is 1. The first-order valence-corrected chi connectivity index (χ1v) is 10.3. The van der Waals surface area contributed by atoms with Crippen LogP contribution in [0.25, 0.3) is 22.5 Å². The number of carbonyl (C=O) groups excluding carboxylic acids is 2. The molecule has 2 aromatic heterocycles. The van der Waals surface area contributed by atoms with Crippen molar-refractivity contribution in [3.8, 4) is 11.6 Å². The van der Waals surface area contributed by atoms with Crippen LogP contribution in [0.2, 0.25) is 0 Å². The van der Waals surface area contributed by atoms with Crippen LogP contribution >= 0.6 is 11.8 Å². The van der Waals surface area contributed by atoms with Gasteiger partial charge in [-0.05, 0) is 44.2 Å². The molecular formula is C23H19N3O3S. The van der Waals surface area contributed by atoms with E-state index in [1.807, 2.05) is 24.3 Å². The average molecular weight is 417 g/mol. The molecule has 1 N–H and O–H groups in total. The van der Waals surface area contributed by atoms with Gasteiger partial charge in [0.2, 0.25) is 5.91 Å². The lowest BCUT2D eigenvalue weighted by Crippen LogP contribution is -2.23. The zero-order valence-corrected chi connectivity index (χ0v) is 17.3. The lowest BCUT2D eigenvalue weighted by Gasteiger charge is -2.15. The average Bonchev–Trinajstić information content (AvgIpc) is 3.29. The first-order valence-electron chi connectivity index (χ1n) is 9.41. The number of hydrogen-bond donors (Lipinski definition) is 1. The number of furan rings is 1. The van der Waals surface area contributed by atoms with Gasteiger partial charge in [-0.1, -0.05) is 42.1 Å². The van der Waals surface area contributed by atoms with E-state index in [-0.39, 0.29) is 11.7 Å². The fraction of sp³-hybridized carbons (Fsp3) is 0.130. The maximum absolute atomic E-state index is 12.8. The summed E-state index contributed by atoms with van der Waals surface area (Å²) in [6.07, 6.45) is 1.57. The molecule has 0 aliphatic carbocycles. The zero-order valence-electron chi connectivity index (χ0n) is 16.5. The van der Waals surface area contributed by atoms with Crippen molar-refractivity contribution in [1.29, 1.82) is 0 Å². The van der Waals surface area contributed by atoms with Crippen LogP contribution < -0.4 is 5.32 Å². The number of benzene rings is 2. The van der Waals surface area contributed by atoms with Gasteiger partial charge in [-0.15, -0.1) is 0 Å². The monoisotopic (exact) mass is 417 g/mol. The number of rotatable bonds is 6. The van der Waals surface area contributed by atoms with E-state index in [2.05, 4.69) is 15.3 Å². The van der Waals surface area contributed by atoms with Crippen LogP contribution in [0.4, 0.5) is 5.69 Å². The fourth-order valence-corrected chi connectivity index (χ4v) is 3.95. The highest BCUT2D eigenvalue weighted by atomic mass is 32.2. The van der Waals surface area contributed by atoms with Crippen molar-refractivity contribution in [3.05, 3.63) is 72.5 Å². The van der Waals surface area contributed by atoms with Gasteiger partial charge in [-0.25, -0.2) is 9.97 Å². The number of para-hydroxylation sites is 2. The number of ketones is 1. The summed E-state index contributed by atoms with van der Waals surface area (Å²) in [5.41, 5.74) is 1.76. The quantitative estimate of drug-likeness (QED) is 0.263. The molecule has 0 saturated carbocycles. The van der Waals surface area contributed by atoms with Gasteiger partial charge in [0, 0.05) is 10.9 Å². The lowest BCUT2D eigenvalue weighted by atomic mass is 10.1. The summed E-state index contributed by atoms with van der Waals surface area (Å²) in [7, 11) is 0. The van der Waals surface area contributed by atoms with Crippen LogP contribution in [0.5, 0.6) is 0 Å². The summed E-state index contributed by atoms with van der Waals surface area (Å²) < 4.78 is 5.45. The third kappa shape index (κ3) is 4.11. The molecular weight excluding hydrogens is 398 g/mol. The molecule has 2 aromatic carbocycles. The Morgan fingerprint density at radius 3 is 2.53 bits per heavy atom. The van der Waals surface area contributed by atoms with Gasteiger partial charge in [-0.2, -0.15) is 0 Å². The smallest absolute Gasteiger partial charge is 0.237 e. The number of nitrogens with zero attached hydrogens (tertiary/aromatic N) is 2. The number of fused-ring (bicyclic) bond motifs is 1. The molecule has 0 saturated heterocycles. The van der Waals surface area contributed by atoms with Gasteiger partial charge in [0.25, 0.3) is 0 Å². The molecule has 0 aliphatic rings. The van der Waals surface area contributed by atoms with E-state index in [9.17, 15) is 9.59 Å². The number of anilines is 1. The maximum atomic E-state index is 12.8. The second-order valence-corrected chi connectivity index (χ2v) is 8.03. The highest BCUT2D eigenvalue weighted by Crippen LogP contribution is 2.31. The van der Waals surface area contributed by atoms with Crippen molar-refractivity contribution in [2.45, 2.75) is 24.1 Å². The minimum Gasteiger partial charge on any atom is -0.461 e. The molecule has 4 rings (SSSR count). The van der Waals surface area contributed by atoms with Gasteiger partial charge >= 0.3 is 0 Å². The van der Waals surface area contributed by atoms with Crippen molar-refractivity contribution < 1.29 is 14.0 Å². The minimum absolute atomic E-state index is 0.101. The third-order valence-electron chi connectivity index (χ3n) is 4.53. The van der Waals surface area contributed by atoms with E-state index in [1.165, 1.54) is 18.7 Å². The Morgan fingerprint density at radius 1 is 1.00 bits per heavy atom. The SMILES string of the molecule is CC(=O)c1ccccc1NC(=O)C(C)Sc1nc(-c2ccco2)nc2ccccc12. The number of nitrogens with one attached hydrogen (secondary N) is 1. The van der Waals surface area contributed by atoms with Crippen molar-refractivity contribution >= 4 is 40.0 Å². The number of hydrogen-bond acceptors (Lipinski definition) is 6. The predicted octanol–water partition coefficient (Wildman–Crippen LogP) is 5.21. The molecule has 150 valence electrons. The van der Waals surface area contributed by atoms with Gasteiger partial charge in [0.1, 0.15) is 5.03 Å². The highest BCUT2D eigenvalue weighted by molar-refractivity contribution is 8.00. The summed E-state index contributed by atoms with van der Waals surface area (Å²) >= 11 is 1.34. The molecule has 4 aromatic rings. The van der Waals surface area contributed by atoms with Crippen molar-refractivity contribution in [2.75, 3.05) is 5.32 Å². The van der Waals surface area contributed by atoms with Crippen molar-refractivity contribution in [1.82, 2.24) is 9.97 Å². The molecule has 1 atom stereocenters. The summed E-state index contributed by atoms with van der Waals surface area (Å²) in [5, 5.41) is 3.96. The summed E-state index contributed by atoms with van der Waals surface area (Å²) in [5.74, 6) is 0.720. The van der Waals surface area contributed by atoms with Crippen LogP contribution in [0, 0.1) is 0 Å². The Balaban J connectivity index is 1.62. The van der Waals surface area contributed by atoms with Crippen LogP contribution in [-0.2, 0) is 4.79 Å². The number of aromatic nitrogens is 2. The second-order valence-electron chi connectivity index (χ2n) is 6.70. The maximum Gasteiger partial charge on any atom is 0.237 e. The molecule has 0 bridgehead atoms. The molecule has 2 heterocycles. The number of Topliss-reactive ketones (excluding diaryl/α,β-unsaturated/α-hetero) is 1. The van der Waals surface area contributed by atoms with Gasteiger partial charge < -0.3 is 9.73 Å². The van der Waals surface area contributed by atoms with Crippen LogP contribution in [0.3, 0.4) is 0 Å². The molecule has 0 radical (unpaired) electrons. The normalized spacial score (nSPS) is 11.9. The molecule has 0 spiro atoms. The molecule has 0 aliphatic heterocycles. The van der Waals surface area contributed by atoms with Crippen LogP contribution in [0.1, 0.15) is 24.2 Å². The molecule has 6 nitrogen and oxygen atoms in total. The van der Waals surface area contributed by atoms with E-state index in [0.29, 0.717) is 27.9 Å². The third-order valence-corrected chi connectivity index (χ3v) is 5.63. The number of thioether (sulfide) groups is 1. The largest absolute Gasteiger partial charge is 0.461 e. The van der Waals surface area contributed by atoms with Crippen molar-refractivity contribution in [3.63, 3.8) is 0 Å². The summed E-state index contributed by atoms with van der Waals surface area (Å²) in [4.78, 5) is 33.9. The van der Waals surface area contributed by atoms with E-state index < -0.39 is 5.25 Å². The Morgan fingerprint density at radius 2 is 1.77 bits per heavy atom. The fourth-order valence-electron chi connectivity index (χ4n) is 3.01. The first kappa shape index (κ1) is 19.8. The standard InChI is InChI=1S/C23H19N3O3S/c1-14(27)16-8-3-5-10-18(16)25-22(28)15(2)30-23-17-9-4-6-11-19(17)24-21(26-23)20-12-7-13-29-20/h3-13,15H,1-2H3,(H,25,28). The topological polar surface area (TPSA) is 85.1 Å². The van der Waals surface area contributed by atoms with Gasteiger partial charge in [0.15, 0.2) is 17.4 Å². The summed E-state index contributed by atoms with van der Waals surface area (Å²) in [6.45, 7) is 3.28. The Hall–Kier alpha value is -3.45. The molecule has 1 amide bonds. The van der Waals surface area contributed by atoms with E-state index in [4.69, 9.17) is 4.42 Å².